The molecule has 3 atom stereocenters. The molecule has 1 fully saturated rings. The van der Waals surface area contributed by atoms with Gasteiger partial charge in [-0.1, -0.05) is 26.0 Å². The van der Waals surface area contributed by atoms with Gasteiger partial charge in [0.2, 0.25) is 0 Å². The largest absolute Gasteiger partial charge is 0.508 e. The molecule has 0 aromatic heterocycles. The number of hydrogen-bond acceptors (Lipinski definition) is 3. The van der Waals surface area contributed by atoms with E-state index in [1.54, 1.807) is 12.1 Å². The Morgan fingerprint density at radius 3 is 2.63 bits per heavy atom. The standard InChI is InChI=1S/C16H25NO2/c1-4-15(13-5-7-14(18)8-6-13)17-10-9-12(2)16(11-17)19-3/h5-8,12,15-16,18H,4,9-11H2,1-3H3. The third kappa shape index (κ3) is 3.28. The minimum absolute atomic E-state index is 0.333. The van der Waals surface area contributed by atoms with Crippen molar-refractivity contribution in [2.24, 2.45) is 5.92 Å². The molecule has 19 heavy (non-hydrogen) atoms. The molecule has 1 aliphatic rings. The van der Waals surface area contributed by atoms with Crippen molar-refractivity contribution in [3.05, 3.63) is 29.8 Å². The lowest BCUT2D eigenvalue weighted by molar-refractivity contribution is -0.0201. The van der Waals surface area contributed by atoms with Crippen molar-refractivity contribution >= 4 is 0 Å². The first kappa shape index (κ1) is 14.4. The van der Waals surface area contributed by atoms with Crippen LogP contribution >= 0.6 is 0 Å². The number of aromatic hydroxyl groups is 1. The molecule has 0 bridgehead atoms. The Labute approximate surface area is 116 Å². The van der Waals surface area contributed by atoms with E-state index in [4.69, 9.17) is 4.74 Å². The average molecular weight is 263 g/mol. The molecular weight excluding hydrogens is 238 g/mol. The zero-order valence-corrected chi connectivity index (χ0v) is 12.2. The summed E-state index contributed by atoms with van der Waals surface area (Å²) in [5.41, 5.74) is 1.28. The second kappa shape index (κ2) is 6.40. The van der Waals surface area contributed by atoms with Crippen LogP contribution in [0, 0.1) is 5.92 Å². The van der Waals surface area contributed by atoms with E-state index in [9.17, 15) is 5.11 Å². The molecule has 1 saturated heterocycles. The second-order valence-electron chi connectivity index (χ2n) is 5.55. The van der Waals surface area contributed by atoms with Gasteiger partial charge in [0.05, 0.1) is 6.10 Å². The molecule has 0 amide bonds. The first-order valence-corrected chi connectivity index (χ1v) is 7.21. The number of rotatable bonds is 4. The quantitative estimate of drug-likeness (QED) is 0.905. The van der Waals surface area contributed by atoms with Crippen molar-refractivity contribution < 1.29 is 9.84 Å². The van der Waals surface area contributed by atoms with Crippen LogP contribution in [0.5, 0.6) is 5.75 Å². The van der Waals surface area contributed by atoms with Crippen LogP contribution in [0.15, 0.2) is 24.3 Å². The second-order valence-corrected chi connectivity index (χ2v) is 5.55. The normalized spacial score (nSPS) is 26.3. The number of ether oxygens (including phenoxy) is 1. The molecule has 3 heteroatoms. The highest BCUT2D eigenvalue weighted by Gasteiger charge is 2.30. The highest BCUT2D eigenvalue weighted by molar-refractivity contribution is 5.28. The van der Waals surface area contributed by atoms with Gasteiger partial charge in [-0.25, -0.2) is 0 Å². The maximum atomic E-state index is 9.40. The Morgan fingerprint density at radius 1 is 1.37 bits per heavy atom. The van der Waals surface area contributed by atoms with Crippen LogP contribution in [0.1, 0.15) is 38.3 Å². The van der Waals surface area contributed by atoms with Gasteiger partial charge in [0, 0.05) is 19.7 Å². The predicted molar refractivity (Wildman–Crippen MR) is 77.3 cm³/mol. The van der Waals surface area contributed by atoms with Crippen molar-refractivity contribution in [1.29, 1.82) is 0 Å². The van der Waals surface area contributed by atoms with Crippen LogP contribution in [-0.4, -0.2) is 36.3 Å². The molecule has 1 N–H and O–H groups in total. The highest BCUT2D eigenvalue weighted by atomic mass is 16.5. The van der Waals surface area contributed by atoms with Crippen LogP contribution in [0.25, 0.3) is 0 Å². The van der Waals surface area contributed by atoms with Gasteiger partial charge in [-0.15, -0.1) is 0 Å². The fourth-order valence-corrected chi connectivity index (χ4v) is 3.05. The van der Waals surface area contributed by atoms with Crippen LogP contribution in [-0.2, 0) is 4.74 Å². The van der Waals surface area contributed by atoms with Gasteiger partial charge in [0.25, 0.3) is 0 Å². The van der Waals surface area contributed by atoms with Crippen molar-refractivity contribution in [3.8, 4) is 5.75 Å². The number of likely N-dealkylation sites (tertiary alicyclic amines) is 1. The number of methoxy groups -OCH3 is 1. The third-order valence-corrected chi connectivity index (χ3v) is 4.33. The lowest BCUT2D eigenvalue weighted by Crippen LogP contribution is -2.45. The molecule has 1 heterocycles. The SMILES string of the molecule is CCC(c1ccc(O)cc1)N1CCC(C)C(OC)C1. The maximum absolute atomic E-state index is 9.40. The number of phenolic OH excluding ortho intramolecular Hbond substituents is 1. The molecule has 2 rings (SSSR count). The van der Waals surface area contributed by atoms with Crippen LogP contribution in [0.2, 0.25) is 0 Å². The van der Waals surface area contributed by atoms with Crippen LogP contribution in [0.3, 0.4) is 0 Å². The Morgan fingerprint density at radius 2 is 2.05 bits per heavy atom. The van der Waals surface area contributed by atoms with E-state index in [2.05, 4.69) is 18.7 Å². The monoisotopic (exact) mass is 263 g/mol. The van der Waals surface area contributed by atoms with E-state index in [1.807, 2.05) is 19.2 Å². The van der Waals surface area contributed by atoms with Crippen LogP contribution < -0.4 is 0 Å². The van der Waals surface area contributed by atoms with E-state index in [1.165, 1.54) is 12.0 Å². The van der Waals surface area contributed by atoms with Crippen molar-refractivity contribution in [2.45, 2.75) is 38.8 Å². The molecule has 1 aromatic rings. The summed E-state index contributed by atoms with van der Waals surface area (Å²) in [6, 6.07) is 8.04. The summed E-state index contributed by atoms with van der Waals surface area (Å²) < 4.78 is 5.60. The van der Waals surface area contributed by atoms with E-state index >= 15 is 0 Å². The fourth-order valence-electron chi connectivity index (χ4n) is 3.05. The summed E-state index contributed by atoms with van der Waals surface area (Å²) in [6.45, 7) is 6.61. The Hall–Kier alpha value is -1.06. The zero-order valence-electron chi connectivity index (χ0n) is 12.2. The van der Waals surface area contributed by atoms with Gasteiger partial charge in [0.15, 0.2) is 0 Å². The van der Waals surface area contributed by atoms with Gasteiger partial charge < -0.3 is 9.84 Å². The molecule has 1 aliphatic heterocycles. The van der Waals surface area contributed by atoms with Gasteiger partial charge in [0.1, 0.15) is 5.75 Å². The molecule has 0 spiro atoms. The molecular formula is C16H25NO2. The Bertz CT molecular complexity index is 390. The topological polar surface area (TPSA) is 32.7 Å². The molecule has 3 unspecified atom stereocenters. The summed E-state index contributed by atoms with van der Waals surface area (Å²) in [5.74, 6) is 0.971. The lowest BCUT2D eigenvalue weighted by atomic mass is 9.92. The van der Waals surface area contributed by atoms with Crippen LogP contribution in [0.4, 0.5) is 0 Å². The highest BCUT2D eigenvalue weighted by Crippen LogP contribution is 2.30. The van der Waals surface area contributed by atoms with Crippen molar-refractivity contribution in [1.82, 2.24) is 4.90 Å². The van der Waals surface area contributed by atoms with Crippen molar-refractivity contribution in [3.63, 3.8) is 0 Å². The smallest absolute Gasteiger partial charge is 0.115 e. The lowest BCUT2D eigenvalue weighted by Gasteiger charge is -2.40. The minimum atomic E-state index is 0.333. The van der Waals surface area contributed by atoms with E-state index in [-0.39, 0.29) is 0 Å². The van der Waals surface area contributed by atoms with Gasteiger partial charge >= 0.3 is 0 Å². The maximum Gasteiger partial charge on any atom is 0.115 e. The summed E-state index contributed by atoms with van der Waals surface area (Å²) in [4.78, 5) is 2.51. The minimum Gasteiger partial charge on any atom is -0.508 e. The van der Waals surface area contributed by atoms with Gasteiger partial charge in [-0.05, 0) is 43.0 Å². The number of nitrogens with zero attached hydrogens (tertiary/aromatic N) is 1. The molecule has 0 aliphatic carbocycles. The first-order valence-electron chi connectivity index (χ1n) is 7.21. The molecule has 3 nitrogen and oxygen atoms in total. The first-order chi connectivity index (χ1) is 9.15. The number of benzene rings is 1. The van der Waals surface area contributed by atoms with Gasteiger partial charge in [-0.2, -0.15) is 0 Å². The zero-order chi connectivity index (χ0) is 13.8. The molecule has 0 saturated carbocycles. The molecule has 106 valence electrons. The molecule has 1 aromatic carbocycles. The summed E-state index contributed by atoms with van der Waals surface area (Å²) in [5, 5.41) is 9.40. The number of phenols is 1. The Kier molecular flexibility index (Phi) is 4.83. The van der Waals surface area contributed by atoms with E-state index in [0.29, 0.717) is 23.8 Å². The predicted octanol–water partition coefficient (Wildman–Crippen LogP) is 3.20. The average Bonchev–Trinajstić information content (AvgIpc) is 2.43. The van der Waals surface area contributed by atoms with Gasteiger partial charge in [-0.3, -0.25) is 4.90 Å². The number of piperidine rings is 1. The summed E-state index contributed by atoms with van der Waals surface area (Å²) in [6.07, 6.45) is 2.60. The molecule has 0 radical (unpaired) electrons. The summed E-state index contributed by atoms with van der Waals surface area (Å²) >= 11 is 0. The summed E-state index contributed by atoms with van der Waals surface area (Å²) in [7, 11) is 1.81. The number of hydrogen-bond donors (Lipinski definition) is 1. The third-order valence-electron chi connectivity index (χ3n) is 4.33. The van der Waals surface area contributed by atoms with E-state index < -0.39 is 0 Å². The Balaban J connectivity index is 2.11. The fraction of sp³-hybridized carbons (Fsp3) is 0.625. The van der Waals surface area contributed by atoms with Crippen molar-refractivity contribution in [2.75, 3.05) is 20.2 Å². The van der Waals surface area contributed by atoms with E-state index in [0.717, 1.165) is 19.5 Å².